The summed E-state index contributed by atoms with van der Waals surface area (Å²) in [6.45, 7) is 6.19. The van der Waals surface area contributed by atoms with Gasteiger partial charge in [0.1, 0.15) is 0 Å². The van der Waals surface area contributed by atoms with Gasteiger partial charge in [0.15, 0.2) is 5.78 Å². The molecule has 1 heterocycles. The first-order valence-corrected chi connectivity index (χ1v) is 8.09. The lowest BCUT2D eigenvalue weighted by atomic mass is 9.69. The van der Waals surface area contributed by atoms with Gasteiger partial charge in [-0.2, -0.15) is 5.26 Å². The molecule has 1 unspecified atom stereocenters. The Morgan fingerprint density at radius 3 is 2.61 bits per heavy atom. The smallest absolute Gasteiger partial charge is 0.161 e. The molecule has 1 N–H and O–H groups in total. The van der Waals surface area contributed by atoms with E-state index in [-0.39, 0.29) is 17.1 Å². The van der Waals surface area contributed by atoms with Crippen molar-refractivity contribution >= 4 is 5.78 Å². The van der Waals surface area contributed by atoms with Crippen LogP contribution in [0, 0.1) is 22.7 Å². The summed E-state index contributed by atoms with van der Waals surface area (Å²) < 4.78 is 0. The Hall–Kier alpha value is -2.34. The SMILES string of the molecule is CC1=C(C#N)C(Cc2ccccc2)C2=C(CC(C)(C)CC2=O)N1. The van der Waals surface area contributed by atoms with Gasteiger partial charge >= 0.3 is 0 Å². The van der Waals surface area contributed by atoms with Gasteiger partial charge < -0.3 is 5.32 Å². The number of nitrogens with one attached hydrogen (secondary N) is 1. The molecule has 1 aromatic carbocycles. The van der Waals surface area contributed by atoms with E-state index in [0.29, 0.717) is 18.4 Å². The molecule has 0 saturated heterocycles. The number of rotatable bonds is 2. The van der Waals surface area contributed by atoms with Crippen molar-refractivity contribution in [3.63, 3.8) is 0 Å². The largest absolute Gasteiger partial charge is 0.361 e. The van der Waals surface area contributed by atoms with Gasteiger partial charge in [-0.3, -0.25) is 4.79 Å². The third-order valence-electron chi connectivity index (χ3n) is 4.76. The van der Waals surface area contributed by atoms with Crippen molar-refractivity contribution in [3.8, 4) is 6.07 Å². The normalized spacial score (nSPS) is 23.2. The van der Waals surface area contributed by atoms with Crippen LogP contribution >= 0.6 is 0 Å². The number of benzene rings is 1. The molecule has 0 radical (unpaired) electrons. The summed E-state index contributed by atoms with van der Waals surface area (Å²) in [5.74, 6) is 0.0622. The zero-order valence-electron chi connectivity index (χ0n) is 13.9. The Morgan fingerprint density at radius 2 is 1.96 bits per heavy atom. The van der Waals surface area contributed by atoms with E-state index in [0.717, 1.165) is 29.0 Å². The van der Waals surface area contributed by atoms with Crippen LogP contribution in [0.2, 0.25) is 0 Å². The third-order valence-corrected chi connectivity index (χ3v) is 4.76. The highest BCUT2D eigenvalue weighted by molar-refractivity contribution is 5.99. The molecule has 23 heavy (non-hydrogen) atoms. The summed E-state index contributed by atoms with van der Waals surface area (Å²) in [5, 5.41) is 12.9. The summed E-state index contributed by atoms with van der Waals surface area (Å²) in [5.41, 5.74) is 4.56. The second-order valence-corrected chi connectivity index (χ2v) is 7.35. The van der Waals surface area contributed by atoms with Crippen LogP contribution in [-0.2, 0) is 11.2 Å². The molecule has 1 aromatic rings. The van der Waals surface area contributed by atoms with E-state index < -0.39 is 0 Å². The fraction of sp³-hybridized carbons (Fsp3) is 0.400. The van der Waals surface area contributed by atoms with Gasteiger partial charge in [0.25, 0.3) is 0 Å². The second kappa shape index (κ2) is 5.70. The van der Waals surface area contributed by atoms with E-state index >= 15 is 0 Å². The third kappa shape index (κ3) is 2.94. The lowest BCUT2D eigenvalue weighted by Gasteiger charge is -2.38. The first-order chi connectivity index (χ1) is 10.9. The van der Waals surface area contributed by atoms with Crippen LogP contribution in [-0.4, -0.2) is 5.78 Å². The number of hydrogen-bond acceptors (Lipinski definition) is 3. The average molecular weight is 306 g/mol. The summed E-state index contributed by atoms with van der Waals surface area (Å²) in [4.78, 5) is 12.8. The van der Waals surface area contributed by atoms with E-state index in [1.807, 2.05) is 25.1 Å². The maximum Gasteiger partial charge on any atom is 0.161 e. The number of allylic oxidation sites excluding steroid dienone is 4. The molecule has 0 aromatic heterocycles. The zero-order valence-corrected chi connectivity index (χ0v) is 13.9. The number of dihydropyridines is 1. The standard InChI is InChI=1S/C20H22N2O/c1-13-16(12-21)15(9-14-7-5-4-6-8-14)19-17(22-13)10-20(2,3)11-18(19)23/h4-8,15,22H,9-11H2,1-3H3. The van der Waals surface area contributed by atoms with Crippen molar-refractivity contribution < 1.29 is 4.79 Å². The maximum absolute atomic E-state index is 12.8. The number of nitriles is 1. The molecule has 0 bridgehead atoms. The minimum atomic E-state index is -0.123. The number of Topliss-reactive ketones (excluding diaryl/α,β-unsaturated/α-hetero) is 1. The van der Waals surface area contributed by atoms with Crippen molar-refractivity contribution in [1.29, 1.82) is 5.26 Å². The van der Waals surface area contributed by atoms with Gasteiger partial charge in [-0.1, -0.05) is 44.2 Å². The van der Waals surface area contributed by atoms with Gasteiger partial charge in [-0.05, 0) is 30.7 Å². The van der Waals surface area contributed by atoms with E-state index in [1.165, 1.54) is 0 Å². The summed E-state index contributed by atoms with van der Waals surface area (Å²) in [6.07, 6.45) is 2.11. The molecule has 0 saturated carbocycles. The molecule has 0 spiro atoms. The molecule has 118 valence electrons. The van der Waals surface area contributed by atoms with Crippen molar-refractivity contribution in [1.82, 2.24) is 5.32 Å². The summed E-state index contributed by atoms with van der Waals surface area (Å²) >= 11 is 0. The highest BCUT2D eigenvalue weighted by atomic mass is 16.1. The number of carbonyl (C=O) groups excluding carboxylic acids is 1. The van der Waals surface area contributed by atoms with E-state index in [4.69, 9.17) is 0 Å². The minimum Gasteiger partial charge on any atom is -0.361 e. The number of hydrogen-bond donors (Lipinski definition) is 1. The van der Waals surface area contributed by atoms with Gasteiger partial charge in [0.05, 0.1) is 11.6 Å². The first-order valence-electron chi connectivity index (χ1n) is 8.09. The maximum atomic E-state index is 12.8. The van der Waals surface area contributed by atoms with Crippen LogP contribution in [0.4, 0.5) is 0 Å². The van der Waals surface area contributed by atoms with Gasteiger partial charge in [-0.15, -0.1) is 0 Å². The van der Waals surface area contributed by atoms with Crippen molar-refractivity contribution in [3.05, 3.63) is 58.4 Å². The number of nitrogens with zero attached hydrogens (tertiary/aromatic N) is 1. The van der Waals surface area contributed by atoms with Crippen LogP contribution in [0.3, 0.4) is 0 Å². The minimum absolute atomic E-state index is 0.0232. The van der Waals surface area contributed by atoms with Crippen LogP contribution < -0.4 is 5.32 Å². The molecule has 1 aliphatic carbocycles. The molecule has 1 atom stereocenters. The van der Waals surface area contributed by atoms with E-state index in [9.17, 15) is 10.1 Å². The molecule has 0 amide bonds. The highest BCUT2D eigenvalue weighted by Gasteiger charge is 2.40. The molecule has 2 aliphatic rings. The average Bonchev–Trinajstić information content (AvgIpc) is 2.46. The zero-order chi connectivity index (χ0) is 16.6. The predicted octanol–water partition coefficient (Wildman–Crippen LogP) is 3.89. The second-order valence-electron chi connectivity index (χ2n) is 7.35. The fourth-order valence-electron chi connectivity index (χ4n) is 3.77. The fourth-order valence-corrected chi connectivity index (χ4v) is 3.77. The quantitative estimate of drug-likeness (QED) is 0.902. The van der Waals surface area contributed by atoms with Gasteiger partial charge in [0.2, 0.25) is 0 Å². The number of carbonyl (C=O) groups is 1. The number of ketones is 1. The Labute approximate surface area is 137 Å². The van der Waals surface area contributed by atoms with Gasteiger partial charge in [-0.25, -0.2) is 0 Å². The Kier molecular flexibility index (Phi) is 3.85. The molecule has 0 fully saturated rings. The Morgan fingerprint density at radius 1 is 1.26 bits per heavy atom. The lowest BCUT2D eigenvalue weighted by molar-refractivity contribution is -0.118. The van der Waals surface area contributed by atoms with E-state index in [1.54, 1.807) is 0 Å². The molecule has 1 aliphatic heterocycles. The highest BCUT2D eigenvalue weighted by Crippen LogP contribution is 2.43. The molecule has 3 rings (SSSR count). The first kappa shape index (κ1) is 15.6. The van der Waals surface area contributed by atoms with Gasteiger partial charge in [0, 0.05) is 29.3 Å². The molecule has 3 heteroatoms. The monoisotopic (exact) mass is 306 g/mol. The molecular formula is C20H22N2O. The topological polar surface area (TPSA) is 52.9 Å². The Balaban J connectivity index is 2.04. The van der Waals surface area contributed by atoms with Crippen LogP contribution in [0.25, 0.3) is 0 Å². The van der Waals surface area contributed by atoms with Crippen molar-refractivity contribution in [2.45, 2.75) is 40.0 Å². The Bertz CT molecular complexity index is 748. The van der Waals surface area contributed by atoms with Crippen LogP contribution in [0.1, 0.15) is 39.2 Å². The van der Waals surface area contributed by atoms with Crippen LogP contribution in [0.5, 0.6) is 0 Å². The predicted molar refractivity (Wildman–Crippen MR) is 90.1 cm³/mol. The lowest BCUT2D eigenvalue weighted by Crippen LogP contribution is -2.38. The van der Waals surface area contributed by atoms with E-state index in [2.05, 4.69) is 37.4 Å². The van der Waals surface area contributed by atoms with Crippen molar-refractivity contribution in [2.75, 3.05) is 0 Å². The summed E-state index contributed by atoms with van der Waals surface area (Å²) in [7, 11) is 0. The molecule has 3 nitrogen and oxygen atoms in total. The van der Waals surface area contributed by atoms with Crippen LogP contribution in [0.15, 0.2) is 52.9 Å². The van der Waals surface area contributed by atoms with Crippen molar-refractivity contribution in [2.24, 2.45) is 11.3 Å². The molecular weight excluding hydrogens is 284 g/mol. The summed E-state index contributed by atoms with van der Waals surface area (Å²) in [6, 6.07) is 12.4.